The first kappa shape index (κ1) is 16.4. The van der Waals surface area contributed by atoms with Crippen LogP contribution in [0.3, 0.4) is 0 Å². The van der Waals surface area contributed by atoms with Gasteiger partial charge in [0.05, 0.1) is 6.54 Å². The zero-order valence-corrected chi connectivity index (χ0v) is 14.6. The zero-order chi connectivity index (χ0) is 17.8. The molecule has 132 valence electrons. The highest BCUT2D eigenvalue weighted by molar-refractivity contribution is 5.74. The van der Waals surface area contributed by atoms with Gasteiger partial charge < -0.3 is 14.8 Å². The summed E-state index contributed by atoms with van der Waals surface area (Å²) >= 11 is 0. The monoisotopic (exact) mass is 346 g/mol. The number of carbonyl (C=O) groups excluding carboxylic acids is 1. The summed E-state index contributed by atoms with van der Waals surface area (Å²) in [7, 11) is 0. The van der Waals surface area contributed by atoms with Gasteiger partial charge >= 0.3 is 6.03 Å². The molecular formula is C21H22N4O. The van der Waals surface area contributed by atoms with E-state index in [1.807, 2.05) is 35.4 Å². The van der Waals surface area contributed by atoms with Crippen LogP contribution in [0.2, 0.25) is 0 Å². The molecule has 0 radical (unpaired) electrons. The molecule has 0 spiro atoms. The molecule has 0 aliphatic carbocycles. The van der Waals surface area contributed by atoms with Gasteiger partial charge in [-0.2, -0.15) is 0 Å². The van der Waals surface area contributed by atoms with E-state index >= 15 is 0 Å². The maximum absolute atomic E-state index is 12.6. The minimum Gasteiger partial charge on any atom is -0.331 e. The number of aromatic nitrogens is 2. The Bertz CT molecular complexity index is 888. The van der Waals surface area contributed by atoms with E-state index in [0.717, 1.165) is 25.3 Å². The molecule has 26 heavy (non-hydrogen) atoms. The summed E-state index contributed by atoms with van der Waals surface area (Å²) in [5, 5.41) is 3.02. The smallest absolute Gasteiger partial charge is 0.318 e. The van der Waals surface area contributed by atoms with Crippen LogP contribution >= 0.6 is 0 Å². The Hall–Kier alpha value is -3.08. The van der Waals surface area contributed by atoms with Gasteiger partial charge in [-0.3, -0.25) is 0 Å². The van der Waals surface area contributed by atoms with Crippen LogP contribution in [0.4, 0.5) is 4.79 Å². The van der Waals surface area contributed by atoms with Crippen LogP contribution in [0.15, 0.2) is 67.0 Å². The molecule has 1 N–H and O–H groups in total. The lowest BCUT2D eigenvalue weighted by Gasteiger charge is -2.28. The third-order valence-electron chi connectivity index (χ3n) is 4.81. The molecule has 2 aromatic carbocycles. The molecule has 5 heteroatoms. The maximum Gasteiger partial charge on any atom is 0.318 e. The predicted octanol–water partition coefficient (Wildman–Crippen LogP) is 3.20. The quantitative estimate of drug-likeness (QED) is 0.789. The lowest BCUT2D eigenvalue weighted by molar-refractivity contribution is 0.191. The number of hydrogen-bond acceptors (Lipinski definition) is 2. The number of hydrogen-bond donors (Lipinski definition) is 1. The van der Waals surface area contributed by atoms with Crippen molar-refractivity contribution in [3.63, 3.8) is 0 Å². The van der Waals surface area contributed by atoms with Crippen molar-refractivity contribution in [3.05, 3.63) is 89.5 Å². The number of rotatable bonds is 4. The van der Waals surface area contributed by atoms with Gasteiger partial charge in [0.1, 0.15) is 5.82 Å². The zero-order valence-electron chi connectivity index (χ0n) is 14.6. The number of fused-ring (bicyclic) bond motifs is 1. The second kappa shape index (κ2) is 7.44. The summed E-state index contributed by atoms with van der Waals surface area (Å²) < 4.78 is 2.07. The first-order valence-electron chi connectivity index (χ1n) is 8.93. The highest BCUT2D eigenvalue weighted by Gasteiger charge is 2.20. The molecule has 0 unspecified atom stereocenters. The number of benzene rings is 2. The first-order chi connectivity index (χ1) is 12.8. The maximum atomic E-state index is 12.6. The van der Waals surface area contributed by atoms with Crippen molar-refractivity contribution in [2.24, 2.45) is 0 Å². The lowest BCUT2D eigenvalue weighted by Crippen LogP contribution is -2.42. The average Bonchev–Trinajstić information content (AvgIpc) is 3.13. The van der Waals surface area contributed by atoms with Crippen LogP contribution in [0, 0.1) is 0 Å². The number of nitrogens with zero attached hydrogens (tertiary/aromatic N) is 3. The Balaban J connectivity index is 1.36. The number of carbonyl (C=O) groups is 1. The van der Waals surface area contributed by atoms with E-state index in [1.165, 1.54) is 16.7 Å². The second-order valence-corrected chi connectivity index (χ2v) is 6.56. The summed E-state index contributed by atoms with van der Waals surface area (Å²) in [4.78, 5) is 18.8. The van der Waals surface area contributed by atoms with Crippen molar-refractivity contribution >= 4 is 6.03 Å². The molecule has 0 bridgehead atoms. The Morgan fingerprint density at radius 1 is 1.04 bits per heavy atom. The van der Waals surface area contributed by atoms with Crippen LogP contribution in [-0.2, 0) is 26.1 Å². The molecule has 0 saturated heterocycles. The van der Waals surface area contributed by atoms with Gasteiger partial charge in [-0.05, 0) is 23.1 Å². The average molecular weight is 346 g/mol. The van der Waals surface area contributed by atoms with E-state index in [2.05, 4.69) is 45.2 Å². The van der Waals surface area contributed by atoms with E-state index in [9.17, 15) is 4.79 Å². The largest absolute Gasteiger partial charge is 0.331 e. The normalized spacial score (nSPS) is 13.3. The fraction of sp³-hybridized carbons (Fsp3) is 0.238. The van der Waals surface area contributed by atoms with Crippen molar-refractivity contribution in [2.45, 2.75) is 26.1 Å². The van der Waals surface area contributed by atoms with E-state index in [1.54, 1.807) is 6.20 Å². The number of urea groups is 1. The molecule has 4 rings (SSSR count). The molecule has 0 fully saturated rings. The van der Waals surface area contributed by atoms with Crippen LogP contribution < -0.4 is 5.32 Å². The molecular weight excluding hydrogens is 324 g/mol. The molecule has 0 saturated carbocycles. The van der Waals surface area contributed by atoms with Crippen molar-refractivity contribution in [1.82, 2.24) is 19.8 Å². The summed E-state index contributed by atoms with van der Waals surface area (Å²) in [5.74, 6) is 0.861. The Labute approximate surface area is 153 Å². The van der Waals surface area contributed by atoms with E-state index in [4.69, 9.17) is 0 Å². The summed E-state index contributed by atoms with van der Waals surface area (Å²) in [6.45, 7) is 2.60. The van der Waals surface area contributed by atoms with Crippen molar-refractivity contribution in [1.29, 1.82) is 0 Å². The third kappa shape index (κ3) is 3.61. The van der Waals surface area contributed by atoms with Gasteiger partial charge in [0.15, 0.2) is 0 Å². The number of nitrogens with one attached hydrogen (secondary N) is 1. The number of imidazole rings is 1. The molecule has 1 aromatic heterocycles. The summed E-state index contributed by atoms with van der Waals surface area (Å²) in [6, 6.07) is 18.5. The first-order valence-corrected chi connectivity index (χ1v) is 8.93. The third-order valence-corrected chi connectivity index (χ3v) is 4.81. The molecule has 0 atom stereocenters. The second-order valence-electron chi connectivity index (χ2n) is 6.56. The van der Waals surface area contributed by atoms with Gasteiger partial charge in [-0.1, -0.05) is 54.6 Å². The molecule has 2 amide bonds. The molecule has 3 aromatic rings. The Morgan fingerprint density at radius 2 is 1.81 bits per heavy atom. The highest BCUT2D eigenvalue weighted by Crippen LogP contribution is 2.18. The van der Waals surface area contributed by atoms with Gasteiger partial charge in [0, 0.05) is 32.0 Å². The molecule has 2 heterocycles. The molecule has 1 aliphatic rings. The van der Waals surface area contributed by atoms with Gasteiger partial charge in [-0.15, -0.1) is 0 Å². The fourth-order valence-electron chi connectivity index (χ4n) is 3.37. The van der Waals surface area contributed by atoms with E-state index in [0.29, 0.717) is 13.1 Å². The van der Waals surface area contributed by atoms with E-state index in [-0.39, 0.29) is 6.03 Å². The summed E-state index contributed by atoms with van der Waals surface area (Å²) in [5.41, 5.74) is 3.79. The van der Waals surface area contributed by atoms with Crippen LogP contribution in [0.25, 0.3) is 0 Å². The lowest BCUT2D eigenvalue weighted by atomic mass is 10.0. The topological polar surface area (TPSA) is 50.2 Å². The Kier molecular flexibility index (Phi) is 4.69. The van der Waals surface area contributed by atoms with Crippen LogP contribution in [0.5, 0.6) is 0 Å². The van der Waals surface area contributed by atoms with Crippen molar-refractivity contribution in [3.8, 4) is 0 Å². The van der Waals surface area contributed by atoms with Gasteiger partial charge in [-0.25, -0.2) is 9.78 Å². The van der Waals surface area contributed by atoms with Crippen LogP contribution in [-0.4, -0.2) is 27.0 Å². The van der Waals surface area contributed by atoms with Gasteiger partial charge in [0.2, 0.25) is 0 Å². The van der Waals surface area contributed by atoms with Crippen molar-refractivity contribution in [2.75, 3.05) is 6.54 Å². The van der Waals surface area contributed by atoms with Crippen molar-refractivity contribution < 1.29 is 4.79 Å². The SMILES string of the molecule is O=C(NCc1nccn1Cc1ccccc1)N1CCc2ccccc2C1. The standard InChI is InChI=1S/C21H22N4O/c26-21(25-12-10-18-8-4-5-9-19(18)16-25)23-14-20-22-11-13-24(20)15-17-6-2-1-3-7-17/h1-9,11,13H,10,12,14-16H2,(H,23,26). The Morgan fingerprint density at radius 3 is 2.65 bits per heavy atom. The molecule has 1 aliphatic heterocycles. The van der Waals surface area contributed by atoms with Gasteiger partial charge in [0.25, 0.3) is 0 Å². The van der Waals surface area contributed by atoms with Crippen LogP contribution in [0.1, 0.15) is 22.5 Å². The predicted molar refractivity (Wildman–Crippen MR) is 101 cm³/mol. The fourth-order valence-corrected chi connectivity index (χ4v) is 3.37. The highest BCUT2D eigenvalue weighted by atomic mass is 16.2. The minimum absolute atomic E-state index is 0.0336. The number of amides is 2. The summed E-state index contributed by atoms with van der Waals surface area (Å²) in [6.07, 6.45) is 4.64. The molecule has 5 nitrogen and oxygen atoms in total. The van der Waals surface area contributed by atoms with E-state index < -0.39 is 0 Å². The minimum atomic E-state index is -0.0336.